The van der Waals surface area contributed by atoms with Crippen molar-refractivity contribution in [3.05, 3.63) is 75.2 Å². The number of pyridine rings is 1. The summed E-state index contributed by atoms with van der Waals surface area (Å²) in [7, 11) is 1.47. The van der Waals surface area contributed by atoms with Crippen LogP contribution < -0.4 is 15.5 Å². The number of carbonyl (C=O) groups is 1. The summed E-state index contributed by atoms with van der Waals surface area (Å²) in [5.74, 6) is -0.266. The van der Waals surface area contributed by atoms with Crippen LogP contribution in [0.5, 0.6) is 0 Å². The summed E-state index contributed by atoms with van der Waals surface area (Å²) < 4.78 is 4.86. The molecule has 2 atom stereocenters. The molecule has 0 radical (unpaired) electrons. The van der Waals surface area contributed by atoms with Crippen LogP contribution in [0.25, 0.3) is 0 Å². The molecular weight excluding hydrogens is 452 g/mol. The summed E-state index contributed by atoms with van der Waals surface area (Å²) in [6.45, 7) is 2.06. The molecule has 1 aliphatic rings. The van der Waals surface area contributed by atoms with Crippen molar-refractivity contribution in [3.8, 4) is 0 Å². The number of nitrogens with one attached hydrogen (secondary N) is 2. The zero-order valence-corrected chi connectivity index (χ0v) is 19.4. The molecule has 2 N–H and O–H groups in total. The smallest absolute Gasteiger partial charge is 0.250 e. The predicted molar refractivity (Wildman–Crippen MR) is 129 cm³/mol. The average molecular weight is 473 g/mol. The molecule has 1 aliphatic heterocycles. The number of ether oxygens (including phenoxy) is 1. The molecule has 0 saturated carbocycles. The van der Waals surface area contributed by atoms with Crippen LogP contribution in [0.2, 0.25) is 5.02 Å². The Bertz CT molecular complexity index is 1110. The molecular formula is C22H21ClN4O2S2. The standard InChI is InChI=1S/C22H21ClN4O2S2/c1-13-8-10-31-21(13)20-19(17-5-3-4-9-24-17)26-22(30)27(20)14-6-7-16(15(23)11-14)25-18(28)12-29-2/h3-11,19-20H,12H2,1-2H3,(H,25,28)(H,26,30)/t19-,20-/m0/s1. The SMILES string of the molecule is COCC(=O)Nc1ccc(N2C(=S)N[C@@H](c3ccccn3)[C@H]2c2sccc2C)cc1Cl. The van der Waals surface area contributed by atoms with E-state index in [1.54, 1.807) is 23.6 Å². The number of rotatable bonds is 6. The first-order valence-corrected chi connectivity index (χ1v) is 11.3. The van der Waals surface area contributed by atoms with Crippen molar-refractivity contribution in [3.63, 3.8) is 0 Å². The number of carbonyl (C=O) groups excluding carboxylic acids is 1. The van der Waals surface area contributed by atoms with E-state index in [4.69, 9.17) is 28.6 Å². The number of hydrogen-bond acceptors (Lipinski definition) is 5. The maximum absolute atomic E-state index is 11.9. The number of benzene rings is 1. The summed E-state index contributed by atoms with van der Waals surface area (Å²) >= 11 is 13.9. The third kappa shape index (κ3) is 4.43. The van der Waals surface area contributed by atoms with Gasteiger partial charge in [0.2, 0.25) is 5.91 Å². The largest absolute Gasteiger partial charge is 0.375 e. The molecule has 3 aromatic rings. The van der Waals surface area contributed by atoms with Gasteiger partial charge in [-0.1, -0.05) is 17.7 Å². The maximum Gasteiger partial charge on any atom is 0.250 e. The molecule has 0 aliphatic carbocycles. The van der Waals surface area contributed by atoms with Crippen molar-refractivity contribution in [2.45, 2.75) is 19.0 Å². The van der Waals surface area contributed by atoms with Crippen LogP contribution >= 0.6 is 35.2 Å². The zero-order chi connectivity index (χ0) is 22.0. The number of methoxy groups -OCH3 is 1. The molecule has 2 aromatic heterocycles. The number of amides is 1. The first-order valence-electron chi connectivity index (χ1n) is 9.62. The topological polar surface area (TPSA) is 66.5 Å². The molecule has 6 nitrogen and oxygen atoms in total. The number of hydrogen-bond donors (Lipinski definition) is 2. The van der Waals surface area contributed by atoms with Crippen LogP contribution in [0.15, 0.2) is 54.0 Å². The highest BCUT2D eigenvalue weighted by Crippen LogP contribution is 2.45. The van der Waals surface area contributed by atoms with Crippen molar-refractivity contribution in [1.29, 1.82) is 0 Å². The number of nitrogens with zero attached hydrogens (tertiary/aromatic N) is 2. The van der Waals surface area contributed by atoms with E-state index in [0.29, 0.717) is 15.8 Å². The molecule has 1 amide bonds. The fourth-order valence-electron chi connectivity index (χ4n) is 3.66. The fraction of sp³-hybridized carbons (Fsp3) is 0.227. The molecule has 31 heavy (non-hydrogen) atoms. The molecule has 0 spiro atoms. The lowest BCUT2D eigenvalue weighted by molar-refractivity contribution is -0.119. The Morgan fingerprint density at radius 2 is 2.19 bits per heavy atom. The number of aryl methyl sites for hydroxylation is 1. The minimum absolute atomic E-state index is 0.0380. The van der Waals surface area contributed by atoms with Gasteiger partial charge in [0.25, 0.3) is 0 Å². The second kappa shape index (κ2) is 9.32. The molecule has 9 heteroatoms. The Labute approximate surface area is 195 Å². The van der Waals surface area contributed by atoms with Crippen LogP contribution in [0.4, 0.5) is 11.4 Å². The van der Waals surface area contributed by atoms with E-state index in [1.165, 1.54) is 17.6 Å². The fourth-order valence-corrected chi connectivity index (χ4v) is 5.28. The van der Waals surface area contributed by atoms with E-state index < -0.39 is 0 Å². The van der Waals surface area contributed by atoms with Crippen LogP contribution in [-0.4, -0.2) is 29.7 Å². The predicted octanol–water partition coefficient (Wildman–Crippen LogP) is 4.87. The molecule has 3 heterocycles. The molecule has 4 rings (SSSR count). The van der Waals surface area contributed by atoms with Crippen molar-refractivity contribution in [1.82, 2.24) is 10.3 Å². The summed E-state index contributed by atoms with van der Waals surface area (Å²) in [5.41, 5.74) is 3.47. The molecule has 1 saturated heterocycles. The van der Waals surface area contributed by atoms with Gasteiger partial charge in [-0.2, -0.15) is 0 Å². The van der Waals surface area contributed by atoms with Crippen LogP contribution in [0, 0.1) is 6.92 Å². The Morgan fingerprint density at radius 1 is 1.35 bits per heavy atom. The Hall–Kier alpha value is -2.52. The van der Waals surface area contributed by atoms with Gasteiger partial charge in [-0.25, -0.2) is 0 Å². The van der Waals surface area contributed by atoms with Crippen LogP contribution in [-0.2, 0) is 9.53 Å². The summed E-state index contributed by atoms with van der Waals surface area (Å²) in [6.07, 6.45) is 1.79. The second-order valence-corrected chi connectivity index (χ2v) is 8.85. The molecule has 160 valence electrons. The summed E-state index contributed by atoms with van der Waals surface area (Å²) in [5, 5.41) is 9.30. The maximum atomic E-state index is 11.9. The second-order valence-electron chi connectivity index (χ2n) is 7.11. The normalized spacial score (nSPS) is 18.2. The Kier molecular flexibility index (Phi) is 6.52. The van der Waals surface area contributed by atoms with Crippen molar-refractivity contribution in [2.24, 2.45) is 0 Å². The lowest BCUT2D eigenvalue weighted by Crippen LogP contribution is -2.29. The molecule has 0 bridgehead atoms. The lowest BCUT2D eigenvalue weighted by Gasteiger charge is -2.28. The van der Waals surface area contributed by atoms with Gasteiger partial charge in [0.05, 0.1) is 28.5 Å². The average Bonchev–Trinajstić information content (AvgIpc) is 3.32. The Balaban J connectivity index is 1.72. The number of anilines is 2. The monoisotopic (exact) mass is 472 g/mol. The number of halogens is 1. The third-order valence-corrected chi connectivity index (χ3v) is 6.77. The lowest BCUT2D eigenvalue weighted by atomic mass is 10.0. The highest BCUT2D eigenvalue weighted by atomic mass is 35.5. The highest BCUT2D eigenvalue weighted by Gasteiger charge is 2.42. The number of thiophene rings is 1. The van der Waals surface area contributed by atoms with Crippen LogP contribution in [0.3, 0.4) is 0 Å². The highest BCUT2D eigenvalue weighted by molar-refractivity contribution is 7.80. The molecule has 1 fully saturated rings. The zero-order valence-electron chi connectivity index (χ0n) is 17.0. The van der Waals surface area contributed by atoms with E-state index >= 15 is 0 Å². The van der Waals surface area contributed by atoms with Gasteiger partial charge >= 0.3 is 0 Å². The van der Waals surface area contributed by atoms with Gasteiger partial charge in [-0.15, -0.1) is 11.3 Å². The number of aromatic nitrogens is 1. The van der Waals surface area contributed by atoms with E-state index in [2.05, 4.69) is 38.9 Å². The van der Waals surface area contributed by atoms with Gasteiger partial charge in [0, 0.05) is 23.9 Å². The van der Waals surface area contributed by atoms with Crippen molar-refractivity contribution in [2.75, 3.05) is 23.9 Å². The van der Waals surface area contributed by atoms with Gasteiger partial charge in [-0.05, 0) is 66.5 Å². The number of thiocarbonyl (C=S) groups is 1. The van der Waals surface area contributed by atoms with E-state index in [1.807, 2.05) is 30.3 Å². The van der Waals surface area contributed by atoms with E-state index in [0.717, 1.165) is 11.4 Å². The van der Waals surface area contributed by atoms with Crippen LogP contribution in [0.1, 0.15) is 28.2 Å². The summed E-state index contributed by atoms with van der Waals surface area (Å²) in [4.78, 5) is 19.7. The van der Waals surface area contributed by atoms with Gasteiger partial charge in [0.15, 0.2) is 5.11 Å². The first-order chi connectivity index (χ1) is 15.0. The molecule has 1 aromatic carbocycles. The van der Waals surface area contributed by atoms with Gasteiger partial charge < -0.3 is 20.3 Å². The Morgan fingerprint density at radius 3 is 2.84 bits per heavy atom. The third-order valence-electron chi connectivity index (χ3n) is 5.05. The molecule has 0 unspecified atom stereocenters. The van der Waals surface area contributed by atoms with Crippen molar-refractivity contribution >= 4 is 57.5 Å². The van der Waals surface area contributed by atoms with Crippen molar-refractivity contribution < 1.29 is 9.53 Å². The minimum atomic E-state index is -0.266. The van der Waals surface area contributed by atoms with Gasteiger partial charge in [-0.3, -0.25) is 9.78 Å². The van der Waals surface area contributed by atoms with Gasteiger partial charge in [0.1, 0.15) is 6.61 Å². The quantitative estimate of drug-likeness (QED) is 0.499. The summed E-state index contributed by atoms with van der Waals surface area (Å²) in [6, 6.07) is 13.3. The van der Waals surface area contributed by atoms with E-state index in [9.17, 15) is 4.79 Å². The first kappa shape index (κ1) is 21.7. The van der Waals surface area contributed by atoms with E-state index in [-0.39, 0.29) is 24.6 Å². The minimum Gasteiger partial charge on any atom is -0.375 e.